The van der Waals surface area contributed by atoms with Crippen LogP contribution in [0.4, 0.5) is 0 Å². The van der Waals surface area contributed by atoms with Crippen LogP contribution in [0.2, 0.25) is 0 Å². The van der Waals surface area contributed by atoms with Crippen LogP contribution in [0.15, 0.2) is 30.5 Å². The number of carbonyl (C=O) groups excluding carboxylic acids is 1. The monoisotopic (exact) mass is 335 g/mol. The summed E-state index contributed by atoms with van der Waals surface area (Å²) in [6.07, 6.45) is 7.03. The van der Waals surface area contributed by atoms with Crippen LogP contribution in [0.1, 0.15) is 49.4 Å². The maximum Gasteiger partial charge on any atom is 0.165 e. The van der Waals surface area contributed by atoms with Crippen LogP contribution in [-0.4, -0.2) is 15.7 Å². The molecule has 3 heteroatoms. The molecule has 0 saturated heterocycles. The summed E-state index contributed by atoms with van der Waals surface area (Å²) in [5.41, 5.74) is 2.08. The quantitative estimate of drug-likeness (QED) is 0.369. The molecule has 1 aromatic heterocycles. The minimum Gasteiger partial charge on any atom is -0.347 e. The van der Waals surface area contributed by atoms with Crippen molar-refractivity contribution in [3.63, 3.8) is 0 Å². The summed E-state index contributed by atoms with van der Waals surface area (Å²) in [6.45, 7) is 3.13. The van der Waals surface area contributed by atoms with Gasteiger partial charge < -0.3 is 4.57 Å². The van der Waals surface area contributed by atoms with Gasteiger partial charge in [-0.05, 0) is 25.3 Å². The molecule has 2 rings (SSSR count). The summed E-state index contributed by atoms with van der Waals surface area (Å²) in [7, 11) is 0. The third kappa shape index (κ3) is 3.51. The molecule has 108 valence electrons. The van der Waals surface area contributed by atoms with Crippen LogP contribution in [-0.2, 0) is 6.54 Å². The number of ketones is 1. The maximum absolute atomic E-state index is 12.4. The molecule has 2 nitrogen and oxygen atoms in total. The molecule has 0 fully saturated rings. The van der Waals surface area contributed by atoms with Gasteiger partial charge in [-0.1, -0.05) is 47.5 Å². The molecule has 0 bridgehead atoms. The number of rotatable bonds is 8. The fraction of sp³-hybridized carbons (Fsp3) is 0.471. The molecule has 0 radical (unpaired) electrons. The smallest absolute Gasteiger partial charge is 0.165 e. The van der Waals surface area contributed by atoms with Crippen molar-refractivity contribution in [3.05, 3.63) is 36.0 Å². The Kier molecular flexibility index (Phi) is 5.84. The Bertz CT molecular complexity index is 573. The zero-order valence-electron chi connectivity index (χ0n) is 12.1. The predicted octanol–water partition coefficient (Wildman–Crippen LogP) is 5.19. The van der Waals surface area contributed by atoms with Gasteiger partial charge in [-0.3, -0.25) is 4.79 Å². The second-order valence-corrected chi connectivity index (χ2v) is 5.97. The molecular weight excluding hydrogens is 314 g/mol. The van der Waals surface area contributed by atoms with Gasteiger partial charge in [-0.15, -0.1) is 0 Å². The molecule has 1 aromatic carbocycles. The number of hydrogen-bond acceptors (Lipinski definition) is 1. The van der Waals surface area contributed by atoms with Gasteiger partial charge in [0.2, 0.25) is 0 Å². The first-order valence-electron chi connectivity index (χ1n) is 7.45. The number of carbonyl (C=O) groups is 1. The van der Waals surface area contributed by atoms with Crippen molar-refractivity contribution in [2.45, 2.75) is 45.6 Å². The van der Waals surface area contributed by atoms with Crippen molar-refractivity contribution < 1.29 is 4.79 Å². The highest BCUT2D eigenvalue weighted by Gasteiger charge is 2.13. The molecule has 2 aromatic rings. The van der Waals surface area contributed by atoms with Crippen LogP contribution in [0.3, 0.4) is 0 Å². The molecule has 0 aliphatic rings. The van der Waals surface area contributed by atoms with E-state index in [4.69, 9.17) is 0 Å². The second kappa shape index (κ2) is 7.63. The van der Waals surface area contributed by atoms with E-state index in [2.05, 4.69) is 39.6 Å². The van der Waals surface area contributed by atoms with Crippen LogP contribution in [0.25, 0.3) is 10.9 Å². The summed E-state index contributed by atoms with van der Waals surface area (Å²) < 4.78 is 2.21. The highest BCUT2D eigenvalue weighted by Crippen LogP contribution is 2.23. The Morgan fingerprint density at radius 1 is 1.20 bits per heavy atom. The number of fused-ring (bicyclic) bond motifs is 1. The van der Waals surface area contributed by atoms with E-state index in [1.807, 2.05) is 18.3 Å². The van der Waals surface area contributed by atoms with Gasteiger partial charge >= 0.3 is 0 Å². The predicted molar refractivity (Wildman–Crippen MR) is 88.8 cm³/mol. The van der Waals surface area contributed by atoms with Gasteiger partial charge in [-0.25, -0.2) is 0 Å². The first-order chi connectivity index (χ1) is 9.77. The number of Topliss-reactive ketones (excluding diaryl/α,β-unsaturated/α-hetero) is 1. The third-order valence-corrected chi connectivity index (χ3v) is 4.15. The van der Waals surface area contributed by atoms with E-state index in [1.165, 1.54) is 5.52 Å². The van der Waals surface area contributed by atoms with E-state index in [0.29, 0.717) is 6.42 Å². The topological polar surface area (TPSA) is 22.0 Å². The highest BCUT2D eigenvalue weighted by atomic mass is 79.9. The number of alkyl halides is 1. The van der Waals surface area contributed by atoms with Crippen LogP contribution >= 0.6 is 15.9 Å². The minimum atomic E-state index is 0.283. The van der Waals surface area contributed by atoms with E-state index < -0.39 is 0 Å². The number of para-hydroxylation sites is 1. The molecular formula is C17H22BrNO. The van der Waals surface area contributed by atoms with E-state index in [0.717, 1.165) is 48.5 Å². The van der Waals surface area contributed by atoms with Crippen LogP contribution in [0.5, 0.6) is 0 Å². The lowest BCUT2D eigenvalue weighted by molar-refractivity contribution is 0.0980. The van der Waals surface area contributed by atoms with Crippen LogP contribution < -0.4 is 0 Å². The Morgan fingerprint density at radius 2 is 2.00 bits per heavy atom. The number of benzene rings is 1. The Hall–Kier alpha value is -1.09. The molecule has 0 saturated carbocycles. The number of aryl methyl sites for hydroxylation is 1. The van der Waals surface area contributed by atoms with E-state index in [9.17, 15) is 4.79 Å². The zero-order valence-corrected chi connectivity index (χ0v) is 13.7. The summed E-state index contributed by atoms with van der Waals surface area (Å²) in [5.74, 6) is 0.283. The third-order valence-electron chi connectivity index (χ3n) is 3.59. The van der Waals surface area contributed by atoms with Crippen molar-refractivity contribution in [1.29, 1.82) is 0 Å². The van der Waals surface area contributed by atoms with Gasteiger partial charge in [0, 0.05) is 41.0 Å². The highest BCUT2D eigenvalue weighted by molar-refractivity contribution is 9.09. The summed E-state index contributed by atoms with van der Waals surface area (Å²) >= 11 is 3.43. The maximum atomic E-state index is 12.4. The molecule has 0 atom stereocenters. The normalized spacial score (nSPS) is 11.1. The van der Waals surface area contributed by atoms with Gasteiger partial charge in [0.15, 0.2) is 5.78 Å². The van der Waals surface area contributed by atoms with Crippen molar-refractivity contribution >= 4 is 32.6 Å². The van der Waals surface area contributed by atoms with Gasteiger partial charge in [0.25, 0.3) is 0 Å². The molecule has 0 N–H and O–H groups in total. The molecule has 0 spiro atoms. The van der Waals surface area contributed by atoms with Gasteiger partial charge in [0.1, 0.15) is 0 Å². The number of unbranched alkanes of at least 4 members (excludes halogenated alkanes) is 2. The average Bonchev–Trinajstić information content (AvgIpc) is 2.83. The van der Waals surface area contributed by atoms with E-state index in [-0.39, 0.29) is 5.78 Å². The summed E-state index contributed by atoms with van der Waals surface area (Å²) in [4.78, 5) is 12.4. The number of nitrogens with zero attached hydrogens (tertiary/aromatic N) is 1. The van der Waals surface area contributed by atoms with Crippen LogP contribution in [0, 0.1) is 0 Å². The van der Waals surface area contributed by atoms with E-state index >= 15 is 0 Å². The standard InChI is InChI=1S/C17H22BrNO/c1-2-12-19-13-15(14-8-5-6-9-16(14)19)17(20)10-4-3-7-11-18/h5-6,8-9,13H,2-4,7,10-12H2,1H3. The fourth-order valence-electron chi connectivity index (χ4n) is 2.59. The van der Waals surface area contributed by atoms with Crippen molar-refractivity contribution in [1.82, 2.24) is 4.57 Å². The Balaban J connectivity index is 2.18. The molecule has 0 aliphatic heterocycles. The lowest BCUT2D eigenvalue weighted by Crippen LogP contribution is -1.99. The molecule has 1 heterocycles. The second-order valence-electron chi connectivity index (χ2n) is 5.18. The van der Waals surface area contributed by atoms with Gasteiger partial charge in [0.05, 0.1) is 0 Å². The average molecular weight is 336 g/mol. The fourth-order valence-corrected chi connectivity index (χ4v) is 2.98. The summed E-state index contributed by atoms with van der Waals surface area (Å²) in [5, 5.41) is 2.13. The molecule has 0 aliphatic carbocycles. The van der Waals surface area contributed by atoms with E-state index in [1.54, 1.807) is 0 Å². The van der Waals surface area contributed by atoms with Crippen molar-refractivity contribution in [2.24, 2.45) is 0 Å². The Labute approximate surface area is 129 Å². The first-order valence-corrected chi connectivity index (χ1v) is 8.57. The number of hydrogen-bond donors (Lipinski definition) is 0. The molecule has 0 unspecified atom stereocenters. The molecule has 20 heavy (non-hydrogen) atoms. The van der Waals surface area contributed by atoms with Gasteiger partial charge in [-0.2, -0.15) is 0 Å². The number of halogens is 1. The largest absolute Gasteiger partial charge is 0.347 e. The zero-order chi connectivity index (χ0) is 14.4. The minimum absolute atomic E-state index is 0.283. The summed E-state index contributed by atoms with van der Waals surface area (Å²) in [6, 6.07) is 8.22. The molecule has 0 amide bonds. The van der Waals surface area contributed by atoms with Crippen molar-refractivity contribution in [3.8, 4) is 0 Å². The Morgan fingerprint density at radius 3 is 2.75 bits per heavy atom. The number of aromatic nitrogens is 1. The lowest BCUT2D eigenvalue weighted by Gasteiger charge is -2.00. The lowest BCUT2D eigenvalue weighted by atomic mass is 10.0. The first kappa shape index (κ1) is 15.3. The SMILES string of the molecule is CCCn1cc(C(=O)CCCCCBr)c2ccccc21. The van der Waals surface area contributed by atoms with Crippen molar-refractivity contribution in [2.75, 3.05) is 5.33 Å².